The van der Waals surface area contributed by atoms with Gasteiger partial charge in [0.1, 0.15) is 0 Å². The number of aromatic nitrogens is 3. The number of esters is 3. The fourth-order valence-corrected chi connectivity index (χ4v) is 8.13. The Labute approximate surface area is 315 Å². The zero-order chi connectivity index (χ0) is 39.0. The number of hydrogen-bond donors (Lipinski definition) is 3. The Balaban J connectivity index is 1.49. The Morgan fingerprint density at radius 2 is 1.63 bits per heavy atom. The van der Waals surface area contributed by atoms with E-state index in [1.165, 1.54) is 23.8 Å². The van der Waals surface area contributed by atoms with Gasteiger partial charge < -0.3 is 0 Å². The molecule has 1 aromatic carbocycles. The van der Waals surface area contributed by atoms with Crippen LogP contribution in [0.5, 0.6) is 5.75 Å². The van der Waals surface area contributed by atoms with Crippen molar-refractivity contribution < 1.29 is 47.3 Å². The Hall–Kier alpha value is -4.39. The summed E-state index contributed by atoms with van der Waals surface area (Å²) in [5.41, 5.74) is 4.43. The fourth-order valence-electron chi connectivity index (χ4n) is 6.41. The summed E-state index contributed by atoms with van der Waals surface area (Å²) >= 11 is 0. The minimum absolute atomic E-state index is 0.112. The van der Waals surface area contributed by atoms with Gasteiger partial charge >= 0.3 is 316 Å². The number of nitriles is 1. The van der Waals surface area contributed by atoms with Crippen LogP contribution < -0.4 is 15.3 Å². The first-order valence-electron chi connectivity index (χ1n) is 18.4. The van der Waals surface area contributed by atoms with E-state index in [1.54, 1.807) is 64.1 Å². The molecule has 294 valence electrons. The molecule has 3 heterocycles. The molecule has 1 aliphatic carbocycles. The van der Waals surface area contributed by atoms with Crippen LogP contribution in [-0.4, -0.2) is 74.5 Å². The molecule has 0 unspecified atom stereocenters. The van der Waals surface area contributed by atoms with E-state index in [9.17, 15) is 24.5 Å². The third-order valence-corrected chi connectivity index (χ3v) is 11.3. The third kappa shape index (κ3) is 9.45. The zero-order valence-electron chi connectivity index (χ0n) is 31.3. The number of nitrogen functional groups attached to an aromatic ring is 1. The van der Waals surface area contributed by atoms with E-state index in [4.69, 9.17) is 33.7 Å². The van der Waals surface area contributed by atoms with Gasteiger partial charge in [0.25, 0.3) is 0 Å². The van der Waals surface area contributed by atoms with Crippen molar-refractivity contribution in [2.45, 2.75) is 116 Å². The van der Waals surface area contributed by atoms with Crippen LogP contribution in [0, 0.1) is 23.2 Å². The van der Waals surface area contributed by atoms with Gasteiger partial charge in [-0.25, -0.2) is 0 Å². The van der Waals surface area contributed by atoms with Crippen LogP contribution in [0.25, 0.3) is 5.52 Å². The van der Waals surface area contributed by atoms with Crippen molar-refractivity contribution in [2.75, 3.05) is 12.3 Å². The van der Waals surface area contributed by atoms with Crippen molar-refractivity contribution in [3.63, 3.8) is 0 Å². The van der Waals surface area contributed by atoms with E-state index in [0.717, 1.165) is 44.9 Å². The SMILES string of the molecule is CC(C)C(=O)O[C@H]1[C@@H](OC(=O)C(C)C)[C@](C#N)(c2ccc3c(N)ncnn23)O[C@@H]1CO[PH](O)(N[C@@H](C)C(=O)OC1CCCCCCC1)Oc1ccccc1. The quantitative estimate of drug-likeness (QED) is 0.115. The van der Waals surface area contributed by atoms with Crippen molar-refractivity contribution in [3.8, 4) is 11.8 Å². The van der Waals surface area contributed by atoms with Crippen molar-refractivity contribution in [1.82, 2.24) is 19.7 Å². The van der Waals surface area contributed by atoms with Crippen LogP contribution in [0.2, 0.25) is 0 Å². The second-order valence-electron chi connectivity index (χ2n) is 14.3. The molecule has 16 nitrogen and oxygen atoms in total. The number of nitrogens with two attached hydrogens (primary N) is 1. The molecule has 1 saturated heterocycles. The van der Waals surface area contributed by atoms with E-state index in [2.05, 4.69) is 21.2 Å². The molecule has 0 bridgehead atoms. The normalized spacial score (nSPS) is 23.3. The number of rotatable bonds is 14. The van der Waals surface area contributed by atoms with Gasteiger partial charge in [0.05, 0.1) is 0 Å². The molecule has 3 aromatic rings. The number of carbonyl (C=O) groups excluding carboxylic acids is 3. The number of anilines is 1. The summed E-state index contributed by atoms with van der Waals surface area (Å²) in [6.07, 6.45) is 3.40. The predicted molar refractivity (Wildman–Crippen MR) is 197 cm³/mol. The van der Waals surface area contributed by atoms with Crippen LogP contribution in [0.3, 0.4) is 0 Å². The number of benzene rings is 1. The summed E-state index contributed by atoms with van der Waals surface area (Å²) in [5.74, 6) is -2.85. The molecule has 2 aromatic heterocycles. The Morgan fingerprint density at radius 3 is 2.28 bits per heavy atom. The molecule has 54 heavy (non-hydrogen) atoms. The second kappa shape index (κ2) is 17.8. The number of nitrogens with one attached hydrogen (secondary N) is 1. The molecule has 2 aliphatic rings. The first kappa shape index (κ1) is 40.8. The second-order valence-corrected chi connectivity index (χ2v) is 16.3. The Kier molecular flexibility index (Phi) is 13.5. The van der Waals surface area contributed by atoms with E-state index in [-0.39, 0.29) is 23.4 Å². The molecular weight excluding hydrogens is 719 g/mol. The number of ether oxygens (including phenoxy) is 4. The van der Waals surface area contributed by atoms with Gasteiger partial charge in [-0.3, -0.25) is 0 Å². The van der Waals surface area contributed by atoms with Crippen molar-refractivity contribution in [3.05, 3.63) is 54.5 Å². The van der Waals surface area contributed by atoms with Gasteiger partial charge in [-0.15, -0.1) is 0 Å². The van der Waals surface area contributed by atoms with E-state index in [0.29, 0.717) is 5.52 Å². The summed E-state index contributed by atoms with van der Waals surface area (Å²) in [6.45, 7) is 7.46. The Bertz CT molecular complexity index is 1800. The maximum atomic E-state index is 13.4. The summed E-state index contributed by atoms with van der Waals surface area (Å²) in [7, 11) is -4.61. The number of hydrogen-bond acceptors (Lipinski definition) is 15. The number of para-hydroxylation sites is 1. The summed E-state index contributed by atoms with van der Waals surface area (Å²) < 4.78 is 37.7. The average Bonchev–Trinajstić information content (AvgIpc) is 3.69. The summed E-state index contributed by atoms with van der Waals surface area (Å²) in [5, 5.41) is 18.0. The molecule has 2 fully saturated rings. The minimum atomic E-state index is -4.61. The molecular formula is C37H51N6O10P. The van der Waals surface area contributed by atoms with Crippen molar-refractivity contribution in [2.24, 2.45) is 11.8 Å². The van der Waals surface area contributed by atoms with Crippen LogP contribution in [0.4, 0.5) is 5.82 Å². The standard InChI is InChI=1S/C37H51N6O10P/c1-23(2)34(44)50-31-29(52-37(21-38,32(31)51-35(45)24(3)4)30-19-18-28-33(39)40-22-41-43(28)30)20-48-54(47,53-27-16-12-9-13-17-27)42-25(5)36(46)49-26-14-10-7-6-8-11-15-26/h9,12-13,16-19,22-26,29,31-32,42,47,54H,6-8,10-11,14-15,20H2,1-5H3,(H2,39,40,41)/t25-,29+,31+,32+,37-/m0/s1. The molecule has 5 rings (SSSR count). The maximum absolute atomic E-state index is 13.4. The molecule has 4 N–H and O–H groups in total. The van der Waals surface area contributed by atoms with E-state index < -0.39 is 74.4 Å². The summed E-state index contributed by atoms with van der Waals surface area (Å²) in [6, 6.07) is 12.6. The van der Waals surface area contributed by atoms with Gasteiger partial charge in [0, 0.05) is 0 Å². The van der Waals surface area contributed by atoms with Crippen LogP contribution in [0.15, 0.2) is 48.8 Å². The fraction of sp³-hybridized carbons (Fsp3) is 0.568. The van der Waals surface area contributed by atoms with Gasteiger partial charge in [0.15, 0.2) is 0 Å². The monoisotopic (exact) mass is 770 g/mol. The average molecular weight is 771 g/mol. The zero-order valence-corrected chi connectivity index (χ0v) is 32.3. The van der Waals surface area contributed by atoms with Crippen molar-refractivity contribution >= 4 is 37.3 Å². The molecule has 1 aliphatic heterocycles. The van der Waals surface area contributed by atoms with Gasteiger partial charge in [-0.1, -0.05) is 0 Å². The topological polar surface area (TPSA) is 219 Å². The third-order valence-electron chi connectivity index (χ3n) is 9.40. The molecule has 17 heteroatoms. The predicted octanol–water partition coefficient (Wildman–Crippen LogP) is 4.70. The van der Waals surface area contributed by atoms with Gasteiger partial charge in [-0.2, -0.15) is 0 Å². The van der Waals surface area contributed by atoms with Crippen molar-refractivity contribution in [1.29, 1.82) is 5.26 Å². The molecule has 5 atom stereocenters. The van der Waals surface area contributed by atoms with E-state index >= 15 is 0 Å². The van der Waals surface area contributed by atoms with Crippen LogP contribution >= 0.6 is 8.09 Å². The number of fused-ring (bicyclic) bond motifs is 1. The van der Waals surface area contributed by atoms with Crippen LogP contribution in [-0.2, 0) is 43.5 Å². The molecule has 1 saturated carbocycles. The first-order valence-corrected chi connectivity index (χ1v) is 20.2. The molecule has 0 amide bonds. The van der Waals surface area contributed by atoms with Gasteiger partial charge in [-0.05, 0) is 0 Å². The molecule has 0 spiro atoms. The van der Waals surface area contributed by atoms with Gasteiger partial charge in [0.2, 0.25) is 0 Å². The number of carbonyl (C=O) groups is 3. The first-order chi connectivity index (χ1) is 25.8. The van der Waals surface area contributed by atoms with E-state index in [1.807, 2.05) is 0 Å². The Morgan fingerprint density at radius 1 is 0.981 bits per heavy atom. The molecule has 0 radical (unpaired) electrons. The van der Waals surface area contributed by atoms with Crippen LogP contribution in [0.1, 0.15) is 85.3 Å². The summed E-state index contributed by atoms with van der Waals surface area (Å²) in [4.78, 5) is 55.8. The number of nitrogens with zero attached hydrogens (tertiary/aromatic N) is 4.